The second kappa shape index (κ2) is 3.17. The maximum Gasteiger partial charge on any atom is 0.247 e. The lowest BCUT2D eigenvalue weighted by Gasteiger charge is -2.32. The van der Waals surface area contributed by atoms with Gasteiger partial charge in [-0.25, -0.2) is 0 Å². The summed E-state index contributed by atoms with van der Waals surface area (Å²) in [6, 6.07) is 0. The molecule has 1 heterocycles. The molecule has 0 aromatic rings. The summed E-state index contributed by atoms with van der Waals surface area (Å²) in [5, 5.41) is 2.82. The molecule has 0 aliphatic carbocycles. The molecule has 1 aliphatic heterocycles. The van der Waals surface area contributed by atoms with E-state index in [1.807, 2.05) is 25.1 Å². The summed E-state index contributed by atoms with van der Waals surface area (Å²) in [6.07, 6.45) is 3.58. The SMILES string of the molecule is CSC1NC(=O)C=C(C)N1C. The van der Waals surface area contributed by atoms with E-state index in [0.29, 0.717) is 0 Å². The van der Waals surface area contributed by atoms with Crippen molar-refractivity contribution in [3.8, 4) is 0 Å². The fourth-order valence-corrected chi connectivity index (χ4v) is 1.67. The summed E-state index contributed by atoms with van der Waals surface area (Å²) in [6.45, 7) is 1.93. The summed E-state index contributed by atoms with van der Waals surface area (Å²) in [5.41, 5.74) is 1.10. The number of allylic oxidation sites excluding steroid dienone is 1. The van der Waals surface area contributed by atoms with Crippen molar-refractivity contribution in [3.05, 3.63) is 11.8 Å². The number of amides is 1. The first-order valence-electron chi connectivity index (χ1n) is 3.39. The molecular formula is C7H12N2OS. The topological polar surface area (TPSA) is 32.3 Å². The van der Waals surface area contributed by atoms with Crippen LogP contribution >= 0.6 is 11.8 Å². The second-order valence-corrected chi connectivity index (χ2v) is 3.41. The molecular weight excluding hydrogens is 160 g/mol. The molecule has 0 radical (unpaired) electrons. The van der Waals surface area contributed by atoms with Gasteiger partial charge in [-0.05, 0) is 13.2 Å². The van der Waals surface area contributed by atoms with E-state index in [-0.39, 0.29) is 11.4 Å². The largest absolute Gasteiger partial charge is 0.349 e. The molecule has 0 saturated carbocycles. The lowest BCUT2D eigenvalue weighted by Crippen LogP contribution is -2.46. The Balaban J connectivity index is 2.77. The lowest BCUT2D eigenvalue weighted by molar-refractivity contribution is -0.118. The zero-order valence-electron chi connectivity index (χ0n) is 6.92. The number of hydrogen-bond donors (Lipinski definition) is 1. The van der Waals surface area contributed by atoms with E-state index in [2.05, 4.69) is 5.32 Å². The number of hydrogen-bond acceptors (Lipinski definition) is 3. The van der Waals surface area contributed by atoms with Crippen molar-refractivity contribution >= 4 is 17.7 Å². The molecule has 1 atom stereocenters. The van der Waals surface area contributed by atoms with Crippen LogP contribution in [0.25, 0.3) is 0 Å². The maximum absolute atomic E-state index is 11.0. The van der Waals surface area contributed by atoms with Gasteiger partial charge in [-0.15, -0.1) is 11.8 Å². The Hall–Kier alpha value is -0.640. The van der Waals surface area contributed by atoms with Gasteiger partial charge >= 0.3 is 0 Å². The van der Waals surface area contributed by atoms with E-state index < -0.39 is 0 Å². The number of carbonyl (C=O) groups excluding carboxylic acids is 1. The molecule has 0 aromatic carbocycles. The smallest absolute Gasteiger partial charge is 0.247 e. The van der Waals surface area contributed by atoms with Crippen LogP contribution in [0.1, 0.15) is 6.92 Å². The van der Waals surface area contributed by atoms with Crippen LogP contribution in [-0.4, -0.2) is 29.6 Å². The Bertz CT molecular complexity index is 203. The van der Waals surface area contributed by atoms with Crippen molar-refractivity contribution in [3.63, 3.8) is 0 Å². The Morgan fingerprint density at radius 3 is 2.91 bits per heavy atom. The first-order valence-corrected chi connectivity index (χ1v) is 4.68. The third kappa shape index (κ3) is 1.68. The number of thioether (sulfide) groups is 1. The van der Waals surface area contributed by atoms with Gasteiger partial charge in [-0.2, -0.15) is 0 Å². The number of nitrogens with one attached hydrogen (secondary N) is 1. The number of rotatable bonds is 1. The van der Waals surface area contributed by atoms with E-state index in [0.717, 1.165) is 5.70 Å². The minimum absolute atomic E-state index is 0.0000463. The highest BCUT2D eigenvalue weighted by molar-refractivity contribution is 7.99. The molecule has 1 amide bonds. The highest BCUT2D eigenvalue weighted by Gasteiger charge is 2.20. The molecule has 1 aliphatic rings. The Labute approximate surface area is 70.8 Å². The van der Waals surface area contributed by atoms with Gasteiger partial charge in [0.15, 0.2) is 0 Å². The van der Waals surface area contributed by atoms with Gasteiger partial charge in [0.25, 0.3) is 0 Å². The van der Waals surface area contributed by atoms with Gasteiger partial charge in [0, 0.05) is 18.8 Å². The molecule has 3 nitrogen and oxygen atoms in total. The van der Waals surface area contributed by atoms with Crippen LogP contribution in [-0.2, 0) is 4.79 Å². The predicted molar refractivity (Wildman–Crippen MR) is 47.0 cm³/mol. The first-order chi connectivity index (χ1) is 5.15. The van der Waals surface area contributed by atoms with Crippen molar-refractivity contribution in [2.45, 2.75) is 12.4 Å². The zero-order chi connectivity index (χ0) is 8.43. The standard InChI is InChI=1S/C7H12N2OS/c1-5-4-6(10)8-7(11-3)9(5)2/h4,7H,1-3H3,(H,8,10). The van der Waals surface area contributed by atoms with Gasteiger partial charge < -0.3 is 10.2 Å². The van der Waals surface area contributed by atoms with E-state index in [4.69, 9.17) is 0 Å². The normalized spacial score (nSPS) is 24.6. The van der Waals surface area contributed by atoms with Gasteiger partial charge in [0.05, 0.1) is 0 Å². The molecule has 0 aromatic heterocycles. The predicted octanol–water partition coefficient (Wildman–Crippen LogP) is 0.598. The minimum Gasteiger partial charge on any atom is -0.349 e. The second-order valence-electron chi connectivity index (χ2n) is 2.49. The van der Waals surface area contributed by atoms with Crippen molar-refractivity contribution in [1.29, 1.82) is 0 Å². The third-order valence-electron chi connectivity index (χ3n) is 1.74. The van der Waals surface area contributed by atoms with Gasteiger partial charge in [-0.1, -0.05) is 0 Å². The van der Waals surface area contributed by atoms with Gasteiger partial charge in [0.1, 0.15) is 5.50 Å². The Kier molecular flexibility index (Phi) is 2.44. The highest BCUT2D eigenvalue weighted by Crippen LogP contribution is 2.16. The van der Waals surface area contributed by atoms with Crippen LogP contribution in [0, 0.1) is 0 Å². The minimum atomic E-state index is -0.0000463. The molecule has 1 unspecified atom stereocenters. The maximum atomic E-state index is 11.0. The fourth-order valence-electron chi connectivity index (χ4n) is 0.954. The zero-order valence-corrected chi connectivity index (χ0v) is 7.73. The van der Waals surface area contributed by atoms with Crippen LogP contribution in [0.4, 0.5) is 0 Å². The Morgan fingerprint density at radius 2 is 2.36 bits per heavy atom. The van der Waals surface area contributed by atoms with Crippen molar-refractivity contribution in [2.75, 3.05) is 13.3 Å². The van der Waals surface area contributed by atoms with Crippen molar-refractivity contribution < 1.29 is 4.79 Å². The Morgan fingerprint density at radius 1 is 1.73 bits per heavy atom. The van der Waals surface area contributed by atoms with Crippen LogP contribution in [0.3, 0.4) is 0 Å². The molecule has 0 bridgehead atoms. The fraction of sp³-hybridized carbons (Fsp3) is 0.571. The van der Waals surface area contributed by atoms with E-state index in [9.17, 15) is 4.79 Å². The molecule has 1 N–H and O–H groups in total. The van der Waals surface area contributed by atoms with Crippen molar-refractivity contribution in [2.24, 2.45) is 0 Å². The average Bonchev–Trinajstić information content (AvgIpc) is 1.96. The summed E-state index contributed by atoms with van der Waals surface area (Å²) >= 11 is 1.61. The summed E-state index contributed by atoms with van der Waals surface area (Å²) in [7, 11) is 1.96. The molecule has 0 saturated heterocycles. The number of carbonyl (C=O) groups is 1. The van der Waals surface area contributed by atoms with Gasteiger partial charge in [-0.3, -0.25) is 4.79 Å². The van der Waals surface area contributed by atoms with Crippen LogP contribution in [0.15, 0.2) is 11.8 Å². The van der Waals surface area contributed by atoms with Crippen LogP contribution in [0.5, 0.6) is 0 Å². The summed E-state index contributed by atoms with van der Waals surface area (Å²) < 4.78 is 0. The van der Waals surface area contributed by atoms with Crippen LogP contribution in [0.2, 0.25) is 0 Å². The van der Waals surface area contributed by atoms with Crippen molar-refractivity contribution in [1.82, 2.24) is 10.2 Å². The monoisotopic (exact) mass is 172 g/mol. The van der Waals surface area contributed by atoms with E-state index >= 15 is 0 Å². The quantitative estimate of drug-likeness (QED) is 0.628. The summed E-state index contributed by atoms with van der Waals surface area (Å²) in [4.78, 5) is 13.0. The molecule has 0 spiro atoms. The van der Waals surface area contributed by atoms with Gasteiger partial charge in [0.2, 0.25) is 5.91 Å². The molecule has 62 valence electrons. The highest BCUT2D eigenvalue weighted by atomic mass is 32.2. The molecule has 11 heavy (non-hydrogen) atoms. The summed E-state index contributed by atoms with van der Waals surface area (Å²) in [5.74, 6) is -0.0000463. The third-order valence-corrected chi connectivity index (χ3v) is 2.62. The first kappa shape index (κ1) is 8.46. The van der Waals surface area contributed by atoms with E-state index in [1.165, 1.54) is 0 Å². The molecule has 0 fully saturated rings. The molecule has 4 heteroatoms. The average molecular weight is 172 g/mol. The van der Waals surface area contributed by atoms with Crippen LogP contribution < -0.4 is 5.32 Å². The number of nitrogens with zero attached hydrogens (tertiary/aromatic N) is 1. The lowest BCUT2D eigenvalue weighted by atomic mass is 10.3. The van der Waals surface area contributed by atoms with E-state index in [1.54, 1.807) is 17.8 Å². The molecule has 1 rings (SSSR count).